The van der Waals surface area contributed by atoms with Crippen LogP contribution in [0.25, 0.3) is 0 Å². The highest BCUT2D eigenvalue weighted by Crippen LogP contribution is 2.19. The van der Waals surface area contributed by atoms with Gasteiger partial charge in [0.25, 0.3) is 0 Å². The number of amides is 1. The van der Waals surface area contributed by atoms with E-state index in [2.05, 4.69) is 10.1 Å². The zero-order valence-electron chi connectivity index (χ0n) is 11.9. The molecule has 20 heavy (non-hydrogen) atoms. The molecule has 0 saturated carbocycles. The van der Waals surface area contributed by atoms with Crippen molar-refractivity contribution in [1.82, 2.24) is 5.32 Å². The van der Waals surface area contributed by atoms with Gasteiger partial charge in [-0.15, -0.1) is 0 Å². The number of furan rings is 1. The quantitative estimate of drug-likeness (QED) is 0.811. The molecule has 7 heteroatoms. The van der Waals surface area contributed by atoms with Crippen molar-refractivity contribution in [3.8, 4) is 0 Å². The van der Waals surface area contributed by atoms with Gasteiger partial charge in [-0.3, -0.25) is 0 Å². The fraction of sp³-hybridized carbons (Fsp3) is 0.538. The number of hydrogen-bond donors (Lipinski definition) is 2. The second kappa shape index (κ2) is 6.42. The Labute approximate surface area is 116 Å². The monoisotopic (exact) mass is 285 g/mol. The minimum atomic E-state index is -1.56. The Morgan fingerprint density at radius 2 is 2.05 bits per heavy atom. The van der Waals surface area contributed by atoms with Crippen LogP contribution in [0.2, 0.25) is 0 Å². The maximum absolute atomic E-state index is 11.8. The van der Waals surface area contributed by atoms with Crippen LogP contribution in [0.3, 0.4) is 0 Å². The molecule has 7 nitrogen and oxygen atoms in total. The molecule has 0 fully saturated rings. The number of alkyl carbamates (subject to hydrolysis) is 1. The summed E-state index contributed by atoms with van der Waals surface area (Å²) in [5.41, 5.74) is -0.268. The van der Waals surface area contributed by atoms with Crippen molar-refractivity contribution in [3.63, 3.8) is 0 Å². The molecule has 0 aliphatic carbocycles. The molecule has 0 unspecified atom stereocenters. The highest BCUT2D eigenvalue weighted by molar-refractivity contribution is 5.77. The van der Waals surface area contributed by atoms with E-state index in [1.54, 1.807) is 20.8 Å². The number of ether oxygens (including phenoxy) is 2. The minimum Gasteiger partial charge on any atom is -0.472 e. The van der Waals surface area contributed by atoms with Gasteiger partial charge in [-0.05, 0) is 26.8 Å². The number of carbonyl (C=O) groups is 2. The summed E-state index contributed by atoms with van der Waals surface area (Å²) in [6.45, 7) is 5.11. The summed E-state index contributed by atoms with van der Waals surface area (Å²) in [6, 6.07) is 0.504. The smallest absolute Gasteiger partial charge is 0.408 e. The van der Waals surface area contributed by atoms with Gasteiger partial charge in [0.1, 0.15) is 5.60 Å². The van der Waals surface area contributed by atoms with E-state index in [-0.39, 0.29) is 0 Å². The average molecular weight is 285 g/mol. The lowest BCUT2D eigenvalue weighted by atomic mass is 10.1. The third kappa shape index (κ3) is 4.58. The van der Waals surface area contributed by atoms with Crippen molar-refractivity contribution >= 4 is 12.1 Å². The van der Waals surface area contributed by atoms with Crippen LogP contribution in [0.5, 0.6) is 0 Å². The molecule has 1 amide bonds. The van der Waals surface area contributed by atoms with Crippen LogP contribution in [0.4, 0.5) is 4.79 Å². The lowest BCUT2D eigenvalue weighted by Crippen LogP contribution is -2.42. The first kappa shape index (κ1) is 16.0. The molecular weight excluding hydrogens is 266 g/mol. The van der Waals surface area contributed by atoms with E-state index < -0.39 is 29.8 Å². The van der Waals surface area contributed by atoms with Crippen LogP contribution in [0.15, 0.2) is 23.0 Å². The van der Waals surface area contributed by atoms with Crippen LogP contribution < -0.4 is 5.32 Å². The van der Waals surface area contributed by atoms with Crippen molar-refractivity contribution in [2.45, 2.75) is 38.5 Å². The minimum absolute atomic E-state index is 0.425. The van der Waals surface area contributed by atoms with Crippen LogP contribution >= 0.6 is 0 Å². The Bertz CT molecular complexity index is 448. The van der Waals surface area contributed by atoms with Gasteiger partial charge in [0.05, 0.1) is 25.7 Å². The number of rotatable bonds is 4. The molecule has 2 N–H and O–H groups in total. The van der Waals surface area contributed by atoms with Crippen molar-refractivity contribution in [2.24, 2.45) is 0 Å². The highest BCUT2D eigenvalue weighted by Gasteiger charge is 2.32. The molecule has 1 rings (SSSR count). The zero-order valence-corrected chi connectivity index (χ0v) is 11.9. The average Bonchev–Trinajstić information content (AvgIpc) is 2.85. The van der Waals surface area contributed by atoms with Gasteiger partial charge in [0, 0.05) is 5.56 Å². The molecule has 1 aromatic rings. The van der Waals surface area contributed by atoms with Crippen molar-refractivity contribution in [1.29, 1.82) is 0 Å². The van der Waals surface area contributed by atoms with E-state index in [4.69, 9.17) is 9.15 Å². The molecule has 0 saturated heterocycles. The fourth-order valence-corrected chi connectivity index (χ4v) is 1.49. The molecule has 0 bridgehead atoms. The number of esters is 1. The molecule has 0 spiro atoms. The van der Waals surface area contributed by atoms with Gasteiger partial charge in [0.2, 0.25) is 0 Å². The number of hydrogen-bond acceptors (Lipinski definition) is 6. The Morgan fingerprint density at radius 1 is 1.40 bits per heavy atom. The molecule has 112 valence electrons. The van der Waals surface area contributed by atoms with E-state index >= 15 is 0 Å². The molecule has 1 heterocycles. The standard InChI is InChI=1S/C13H19NO6/c1-13(2,3)20-12(17)14-9(8-5-6-19-7-8)10(15)11(16)18-4/h5-7,9-10,15H,1-4H3,(H,14,17)/t9-,10+/m0/s1. The summed E-state index contributed by atoms with van der Waals surface area (Å²) >= 11 is 0. The summed E-state index contributed by atoms with van der Waals surface area (Å²) in [7, 11) is 1.14. The first-order chi connectivity index (χ1) is 9.24. The maximum atomic E-state index is 11.8. The zero-order chi connectivity index (χ0) is 15.3. The summed E-state index contributed by atoms with van der Waals surface area (Å²) in [6.07, 6.45) is 0.355. The number of methoxy groups -OCH3 is 1. The largest absolute Gasteiger partial charge is 0.472 e. The molecule has 0 radical (unpaired) electrons. The van der Waals surface area contributed by atoms with E-state index in [0.29, 0.717) is 5.56 Å². The number of aliphatic hydroxyl groups excluding tert-OH is 1. The number of carbonyl (C=O) groups excluding carboxylic acids is 2. The Morgan fingerprint density at radius 3 is 2.50 bits per heavy atom. The molecule has 0 aliphatic rings. The lowest BCUT2D eigenvalue weighted by molar-refractivity contribution is -0.152. The fourth-order valence-electron chi connectivity index (χ4n) is 1.49. The SMILES string of the molecule is COC(=O)[C@H](O)[C@@H](NC(=O)OC(C)(C)C)c1ccoc1. The molecule has 0 aliphatic heterocycles. The predicted octanol–water partition coefficient (Wildman–Crippen LogP) is 1.38. The maximum Gasteiger partial charge on any atom is 0.408 e. The van der Waals surface area contributed by atoms with E-state index in [9.17, 15) is 14.7 Å². The van der Waals surface area contributed by atoms with Crippen molar-refractivity contribution in [2.75, 3.05) is 7.11 Å². The van der Waals surface area contributed by atoms with E-state index in [1.807, 2.05) is 0 Å². The molecule has 1 aromatic heterocycles. The summed E-state index contributed by atoms with van der Waals surface area (Å²) in [5.74, 6) is -0.868. The van der Waals surface area contributed by atoms with Gasteiger partial charge < -0.3 is 24.3 Å². The molecule has 2 atom stereocenters. The van der Waals surface area contributed by atoms with Gasteiger partial charge in [-0.25, -0.2) is 9.59 Å². The van der Waals surface area contributed by atoms with Crippen molar-refractivity contribution < 1.29 is 28.6 Å². The van der Waals surface area contributed by atoms with Gasteiger partial charge >= 0.3 is 12.1 Å². The first-order valence-electron chi connectivity index (χ1n) is 6.02. The highest BCUT2D eigenvalue weighted by atomic mass is 16.6. The van der Waals surface area contributed by atoms with Gasteiger partial charge in [-0.2, -0.15) is 0 Å². The lowest BCUT2D eigenvalue weighted by Gasteiger charge is -2.25. The van der Waals surface area contributed by atoms with Crippen LogP contribution in [-0.2, 0) is 14.3 Å². The van der Waals surface area contributed by atoms with Gasteiger partial charge in [-0.1, -0.05) is 0 Å². The van der Waals surface area contributed by atoms with Gasteiger partial charge in [0.15, 0.2) is 6.10 Å². The Balaban J connectivity index is 2.84. The molecule has 0 aromatic carbocycles. The Hall–Kier alpha value is -2.02. The summed E-state index contributed by atoms with van der Waals surface area (Å²) in [5, 5.41) is 12.3. The topological polar surface area (TPSA) is 98.0 Å². The first-order valence-corrected chi connectivity index (χ1v) is 6.02. The Kier molecular flexibility index (Phi) is 5.15. The third-order valence-corrected chi connectivity index (χ3v) is 2.33. The number of nitrogens with one attached hydrogen (secondary N) is 1. The second-order valence-corrected chi connectivity index (χ2v) is 5.15. The third-order valence-electron chi connectivity index (χ3n) is 2.33. The van der Waals surface area contributed by atoms with Crippen molar-refractivity contribution in [3.05, 3.63) is 24.2 Å². The summed E-state index contributed by atoms with van der Waals surface area (Å²) < 4.78 is 14.4. The number of aliphatic hydroxyl groups is 1. The second-order valence-electron chi connectivity index (χ2n) is 5.15. The van der Waals surface area contributed by atoms with E-state index in [1.165, 1.54) is 18.6 Å². The normalized spacial score (nSPS) is 14.2. The molecular formula is C13H19NO6. The summed E-state index contributed by atoms with van der Waals surface area (Å²) in [4.78, 5) is 23.2. The van der Waals surface area contributed by atoms with E-state index in [0.717, 1.165) is 7.11 Å². The van der Waals surface area contributed by atoms with Crippen LogP contribution in [-0.4, -0.2) is 36.0 Å². The van der Waals surface area contributed by atoms with Crippen LogP contribution in [0.1, 0.15) is 32.4 Å². The van der Waals surface area contributed by atoms with Crippen LogP contribution in [0, 0.1) is 0 Å². The predicted molar refractivity (Wildman–Crippen MR) is 68.8 cm³/mol.